The molecule has 0 aliphatic carbocycles. The summed E-state index contributed by atoms with van der Waals surface area (Å²) >= 11 is 3.30. The van der Waals surface area contributed by atoms with E-state index in [9.17, 15) is 13.2 Å². The van der Waals surface area contributed by atoms with Crippen LogP contribution < -0.4 is 5.32 Å². The number of hydrogen-bond donors (Lipinski definition) is 1. The van der Waals surface area contributed by atoms with E-state index >= 15 is 0 Å². The highest BCUT2D eigenvalue weighted by atomic mass is 79.9. The Morgan fingerprint density at radius 1 is 1.10 bits per heavy atom. The van der Waals surface area contributed by atoms with E-state index in [2.05, 4.69) is 21.2 Å². The van der Waals surface area contributed by atoms with Crippen LogP contribution in [0, 0.1) is 17.5 Å². The van der Waals surface area contributed by atoms with Gasteiger partial charge >= 0.3 is 0 Å². The summed E-state index contributed by atoms with van der Waals surface area (Å²) in [6, 6.07) is 7.62. The third kappa shape index (κ3) is 3.41. The van der Waals surface area contributed by atoms with Gasteiger partial charge in [-0.15, -0.1) is 0 Å². The van der Waals surface area contributed by atoms with Gasteiger partial charge in [0, 0.05) is 22.1 Å². The maximum atomic E-state index is 13.9. The molecule has 0 aliphatic rings. The largest absolute Gasteiger partial charge is 0.313 e. The quantitative estimate of drug-likeness (QED) is 0.869. The number of hydrogen-bond acceptors (Lipinski definition) is 1. The zero-order valence-corrected chi connectivity index (χ0v) is 12.3. The Kier molecular flexibility index (Phi) is 4.83. The number of likely N-dealkylation sites (N-methyl/N-ethyl adjacent to an activating group) is 1. The molecule has 0 spiro atoms. The second-order valence-electron chi connectivity index (χ2n) is 4.46. The fourth-order valence-corrected chi connectivity index (χ4v) is 2.77. The predicted octanol–water partition coefficient (Wildman–Crippen LogP) is 4.37. The SMILES string of the molecule is CNC(Cc1cc(F)cc(F)c1)c1c(F)cccc1Br. The first-order valence-corrected chi connectivity index (χ1v) is 6.86. The molecule has 2 aromatic carbocycles. The smallest absolute Gasteiger partial charge is 0.129 e. The number of rotatable bonds is 4. The van der Waals surface area contributed by atoms with Crippen molar-refractivity contribution in [3.05, 3.63) is 69.4 Å². The molecule has 0 saturated heterocycles. The van der Waals surface area contributed by atoms with E-state index in [0.29, 0.717) is 15.6 Å². The van der Waals surface area contributed by atoms with Gasteiger partial charge in [-0.3, -0.25) is 0 Å². The van der Waals surface area contributed by atoms with E-state index in [1.54, 1.807) is 19.2 Å². The molecule has 1 unspecified atom stereocenters. The molecule has 106 valence electrons. The van der Waals surface area contributed by atoms with E-state index in [1.807, 2.05) is 0 Å². The van der Waals surface area contributed by atoms with Crippen LogP contribution in [0.25, 0.3) is 0 Å². The third-order valence-corrected chi connectivity index (χ3v) is 3.75. The number of nitrogens with one attached hydrogen (secondary N) is 1. The molecule has 0 saturated carbocycles. The first-order chi connectivity index (χ1) is 9.51. The molecule has 1 N–H and O–H groups in total. The number of halogens is 4. The molecule has 2 rings (SSSR count). The van der Waals surface area contributed by atoms with Gasteiger partial charge in [0.15, 0.2) is 0 Å². The van der Waals surface area contributed by atoms with Crippen LogP contribution >= 0.6 is 15.9 Å². The van der Waals surface area contributed by atoms with Crippen LogP contribution in [0.1, 0.15) is 17.2 Å². The van der Waals surface area contributed by atoms with E-state index in [-0.39, 0.29) is 18.3 Å². The van der Waals surface area contributed by atoms with Crippen molar-refractivity contribution in [1.82, 2.24) is 5.32 Å². The minimum absolute atomic E-state index is 0.282. The first-order valence-electron chi connectivity index (χ1n) is 6.07. The second kappa shape index (κ2) is 6.41. The van der Waals surface area contributed by atoms with Gasteiger partial charge in [0.1, 0.15) is 17.5 Å². The van der Waals surface area contributed by atoms with Crippen molar-refractivity contribution in [2.24, 2.45) is 0 Å². The van der Waals surface area contributed by atoms with E-state index in [1.165, 1.54) is 18.2 Å². The maximum absolute atomic E-state index is 13.9. The van der Waals surface area contributed by atoms with Gasteiger partial charge in [0.2, 0.25) is 0 Å². The van der Waals surface area contributed by atoms with Gasteiger partial charge in [-0.2, -0.15) is 0 Å². The van der Waals surface area contributed by atoms with Gasteiger partial charge in [-0.1, -0.05) is 22.0 Å². The van der Waals surface area contributed by atoms with Crippen molar-refractivity contribution >= 4 is 15.9 Å². The van der Waals surface area contributed by atoms with Crippen LogP contribution in [0.15, 0.2) is 40.9 Å². The molecule has 0 radical (unpaired) electrons. The van der Waals surface area contributed by atoms with Crippen molar-refractivity contribution in [3.8, 4) is 0 Å². The molecule has 20 heavy (non-hydrogen) atoms. The van der Waals surface area contributed by atoms with Crippen LogP contribution in [0.2, 0.25) is 0 Å². The predicted molar refractivity (Wildman–Crippen MR) is 76.0 cm³/mol. The average molecular weight is 344 g/mol. The molecular formula is C15H13BrF3N. The molecule has 2 aromatic rings. The van der Waals surface area contributed by atoms with Crippen molar-refractivity contribution in [3.63, 3.8) is 0 Å². The Bertz CT molecular complexity index is 576. The third-order valence-electron chi connectivity index (χ3n) is 3.06. The molecule has 1 nitrogen and oxygen atoms in total. The summed E-state index contributed by atoms with van der Waals surface area (Å²) in [4.78, 5) is 0. The van der Waals surface area contributed by atoms with Gasteiger partial charge in [0.05, 0.1) is 0 Å². The Balaban J connectivity index is 2.34. The zero-order valence-electron chi connectivity index (χ0n) is 10.8. The highest BCUT2D eigenvalue weighted by molar-refractivity contribution is 9.10. The van der Waals surface area contributed by atoms with Crippen molar-refractivity contribution in [2.75, 3.05) is 7.05 Å². The molecule has 0 heterocycles. The maximum Gasteiger partial charge on any atom is 0.129 e. The minimum atomic E-state index is -0.637. The summed E-state index contributed by atoms with van der Waals surface area (Å²) in [6.45, 7) is 0. The lowest BCUT2D eigenvalue weighted by molar-refractivity contribution is 0.526. The van der Waals surface area contributed by atoms with Crippen LogP contribution in [-0.2, 0) is 6.42 Å². The number of benzene rings is 2. The molecule has 1 atom stereocenters. The standard InChI is InChI=1S/C15H13BrF3N/c1-20-14(15-12(16)3-2-4-13(15)19)7-9-5-10(17)8-11(18)6-9/h2-6,8,14,20H,7H2,1H3. The summed E-state index contributed by atoms with van der Waals surface area (Å²) in [5.74, 6) is -1.64. The molecule has 0 bridgehead atoms. The molecule has 0 amide bonds. The summed E-state index contributed by atoms with van der Waals surface area (Å²) in [5, 5.41) is 2.97. The fraction of sp³-hybridized carbons (Fsp3) is 0.200. The van der Waals surface area contributed by atoms with Crippen molar-refractivity contribution < 1.29 is 13.2 Å². The zero-order chi connectivity index (χ0) is 14.7. The molecule has 0 aliphatic heterocycles. The van der Waals surface area contributed by atoms with E-state index in [0.717, 1.165) is 6.07 Å². The minimum Gasteiger partial charge on any atom is -0.313 e. The molecular weight excluding hydrogens is 331 g/mol. The summed E-state index contributed by atoms with van der Waals surface area (Å²) in [6.07, 6.45) is 0.282. The molecule has 5 heteroatoms. The van der Waals surface area contributed by atoms with Crippen molar-refractivity contribution in [2.45, 2.75) is 12.5 Å². The van der Waals surface area contributed by atoms with E-state index in [4.69, 9.17) is 0 Å². The normalized spacial score (nSPS) is 12.4. The Hall–Kier alpha value is -1.33. The average Bonchev–Trinajstić information content (AvgIpc) is 2.36. The molecule has 0 fully saturated rings. The lowest BCUT2D eigenvalue weighted by Gasteiger charge is -2.19. The first kappa shape index (κ1) is 15.1. The lowest BCUT2D eigenvalue weighted by atomic mass is 9.98. The Morgan fingerprint density at radius 2 is 1.75 bits per heavy atom. The van der Waals surface area contributed by atoms with Crippen molar-refractivity contribution in [1.29, 1.82) is 0 Å². The topological polar surface area (TPSA) is 12.0 Å². The molecule has 0 aromatic heterocycles. The van der Waals surface area contributed by atoms with Gasteiger partial charge < -0.3 is 5.32 Å². The highest BCUT2D eigenvalue weighted by Gasteiger charge is 2.18. The van der Waals surface area contributed by atoms with Gasteiger partial charge in [-0.05, 0) is 43.3 Å². The van der Waals surface area contributed by atoms with Crippen LogP contribution in [0.4, 0.5) is 13.2 Å². The van der Waals surface area contributed by atoms with Crippen LogP contribution in [0.3, 0.4) is 0 Å². The van der Waals surface area contributed by atoms with E-state index < -0.39 is 11.6 Å². The Labute approximate surface area is 123 Å². The lowest BCUT2D eigenvalue weighted by Crippen LogP contribution is -2.20. The highest BCUT2D eigenvalue weighted by Crippen LogP contribution is 2.28. The van der Waals surface area contributed by atoms with Gasteiger partial charge in [-0.25, -0.2) is 13.2 Å². The summed E-state index contributed by atoms with van der Waals surface area (Å²) in [7, 11) is 1.68. The Morgan fingerprint density at radius 3 is 2.30 bits per heavy atom. The second-order valence-corrected chi connectivity index (χ2v) is 5.31. The monoisotopic (exact) mass is 343 g/mol. The van der Waals surface area contributed by atoms with Gasteiger partial charge in [0.25, 0.3) is 0 Å². The fourth-order valence-electron chi connectivity index (χ4n) is 2.16. The summed E-state index contributed by atoms with van der Waals surface area (Å²) in [5.41, 5.74) is 0.914. The summed E-state index contributed by atoms with van der Waals surface area (Å²) < 4.78 is 40.9. The van der Waals surface area contributed by atoms with Crippen LogP contribution in [0.5, 0.6) is 0 Å². The van der Waals surface area contributed by atoms with Crippen LogP contribution in [-0.4, -0.2) is 7.05 Å².